The molecule has 1 unspecified atom stereocenters. The predicted octanol–water partition coefficient (Wildman–Crippen LogP) is 2.05. The Morgan fingerprint density at radius 3 is 2.44 bits per heavy atom. The van der Waals surface area contributed by atoms with Crippen LogP contribution in [-0.4, -0.2) is 52.1 Å². The number of primary amides is 1. The minimum absolute atomic E-state index is 0.101. The minimum atomic E-state index is -5.14. The molecule has 0 aliphatic heterocycles. The molecule has 0 saturated heterocycles. The van der Waals surface area contributed by atoms with E-state index < -0.39 is 30.1 Å². The van der Waals surface area contributed by atoms with Crippen LogP contribution in [0.2, 0.25) is 0 Å². The third kappa shape index (κ3) is 4.73. The van der Waals surface area contributed by atoms with E-state index >= 15 is 0 Å². The summed E-state index contributed by atoms with van der Waals surface area (Å²) in [6, 6.07) is 2.03. The lowest BCUT2D eigenvalue weighted by Gasteiger charge is -2.29. The molecule has 0 radical (unpaired) electrons. The molecule has 2 N–H and O–H groups in total. The van der Waals surface area contributed by atoms with Crippen LogP contribution in [0, 0.1) is 5.82 Å². The first-order valence-corrected chi connectivity index (χ1v) is 8.05. The molecule has 2 aromatic rings. The number of halogens is 4. The Morgan fingerprint density at radius 2 is 1.93 bits per heavy atom. The second kappa shape index (κ2) is 7.91. The maximum absolute atomic E-state index is 13.6. The van der Waals surface area contributed by atoms with Gasteiger partial charge in [0.15, 0.2) is 6.23 Å². The first-order valence-electron chi connectivity index (χ1n) is 8.05. The third-order valence-corrected chi connectivity index (χ3v) is 3.92. The molecule has 1 aromatic heterocycles. The number of hydrogen-bond donors (Lipinski definition) is 1. The summed E-state index contributed by atoms with van der Waals surface area (Å²) in [5, 5.41) is 4.33. The number of aromatic nitrogens is 2. The van der Waals surface area contributed by atoms with Crippen LogP contribution in [0.15, 0.2) is 18.3 Å². The van der Waals surface area contributed by atoms with Gasteiger partial charge in [-0.2, -0.15) is 18.3 Å². The summed E-state index contributed by atoms with van der Waals surface area (Å²) in [5.74, 6) is -3.92. The molecule has 148 valence electrons. The van der Waals surface area contributed by atoms with E-state index in [9.17, 15) is 27.2 Å². The summed E-state index contributed by atoms with van der Waals surface area (Å²) in [6.07, 6.45) is -5.06. The fourth-order valence-corrected chi connectivity index (χ4v) is 2.64. The molecule has 7 nitrogen and oxygen atoms in total. The number of carbonyl (C=O) groups excluding carboxylic acids is 2. The number of nitrogens with two attached hydrogens (primary N) is 1. The number of rotatable bonds is 7. The van der Waals surface area contributed by atoms with Crippen molar-refractivity contribution in [2.24, 2.45) is 5.73 Å². The Balaban J connectivity index is 2.38. The molecule has 1 heterocycles. The van der Waals surface area contributed by atoms with Gasteiger partial charge in [0, 0.05) is 11.6 Å². The van der Waals surface area contributed by atoms with Gasteiger partial charge in [-0.1, -0.05) is 13.8 Å². The van der Waals surface area contributed by atoms with Gasteiger partial charge < -0.3 is 10.5 Å². The number of nitrogens with zero attached hydrogens (tertiary/aromatic N) is 3. The summed E-state index contributed by atoms with van der Waals surface area (Å²) in [4.78, 5) is 24.2. The van der Waals surface area contributed by atoms with Crippen molar-refractivity contribution < 1.29 is 31.9 Å². The zero-order valence-corrected chi connectivity index (χ0v) is 14.6. The lowest BCUT2D eigenvalue weighted by molar-refractivity contribution is -0.213. The number of amides is 1. The van der Waals surface area contributed by atoms with Crippen molar-refractivity contribution in [2.75, 3.05) is 13.1 Å². The van der Waals surface area contributed by atoms with Gasteiger partial charge in [-0.05, 0) is 25.2 Å². The van der Waals surface area contributed by atoms with E-state index in [-0.39, 0.29) is 23.0 Å². The molecule has 0 aliphatic rings. The molecule has 1 amide bonds. The topological polar surface area (TPSA) is 90.5 Å². The summed E-state index contributed by atoms with van der Waals surface area (Å²) >= 11 is 0. The van der Waals surface area contributed by atoms with E-state index in [0.717, 1.165) is 12.1 Å². The highest BCUT2D eigenvalue weighted by molar-refractivity contribution is 6.04. The number of fused-ring (bicyclic) bond motifs is 1. The number of ether oxygens (including phenoxy) is 1. The van der Waals surface area contributed by atoms with E-state index in [2.05, 4.69) is 9.84 Å². The average Bonchev–Trinajstić information content (AvgIpc) is 2.95. The van der Waals surface area contributed by atoms with Crippen LogP contribution in [0.3, 0.4) is 0 Å². The molecule has 0 saturated carbocycles. The van der Waals surface area contributed by atoms with E-state index in [1.807, 2.05) is 0 Å². The lowest BCUT2D eigenvalue weighted by Crippen LogP contribution is -2.44. The number of carbonyl (C=O) groups is 2. The Bertz CT molecular complexity index is 846. The van der Waals surface area contributed by atoms with E-state index in [4.69, 9.17) is 5.73 Å². The molecule has 2 rings (SSSR count). The smallest absolute Gasteiger partial charge is 0.438 e. The highest BCUT2D eigenvalue weighted by Gasteiger charge is 2.43. The number of likely N-dealkylation sites (N-methyl/N-ethyl adjacent to an activating group) is 1. The molecule has 11 heteroatoms. The minimum Gasteiger partial charge on any atom is -0.438 e. The van der Waals surface area contributed by atoms with Crippen molar-refractivity contribution in [3.05, 3.63) is 29.7 Å². The SMILES string of the molecule is CCN(CC)C(Cn1cc2cc(F)cc(C(N)=O)c2n1)OC(=O)C(F)(F)F. The van der Waals surface area contributed by atoms with Crippen molar-refractivity contribution in [3.8, 4) is 0 Å². The number of hydrogen-bond acceptors (Lipinski definition) is 5. The summed E-state index contributed by atoms with van der Waals surface area (Å²) in [7, 11) is 0. The van der Waals surface area contributed by atoms with E-state index in [1.165, 1.54) is 15.8 Å². The predicted molar refractivity (Wildman–Crippen MR) is 87.1 cm³/mol. The fraction of sp³-hybridized carbons (Fsp3) is 0.438. The van der Waals surface area contributed by atoms with Crippen molar-refractivity contribution in [2.45, 2.75) is 32.8 Å². The standard InChI is InChI=1S/C16H18F4N4O3/c1-3-23(4-2)12(27-15(26)16(18,19)20)8-24-7-9-5-10(17)6-11(14(21)25)13(9)22-24/h5-7,12H,3-4,8H2,1-2H3,(H2,21,25). The van der Waals surface area contributed by atoms with Crippen molar-refractivity contribution in [1.29, 1.82) is 0 Å². The Hall–Kier alpha value is -2.69. The second-order valence-corrected chi connectivity index (χ2v) is 5.69. The molecule has 27 heavy (non-hydrogen) atoms. The van der Waals surface area contributed by atoms with Gasteiger partial charge in [-0.15, -0.1) is 0 Å². The highest BCUT2D eigenvalue weighted by Crippen LogP contribution is 2.22. The van der Waals surface area contributed by atoms with Gasteiger partial charge in [-0.25, -0.2) is 9.18 Å². The van der Waals surface area contributed by atoms with Gasteiger partial charge in [0.1, 0.15) is 11.3 Å². The molecule has 0 aliphatic carbocycles. The van der Waals surface area contributed by atoms with Crippen molar-refractivity contribution >= 4 is 22.8 Å². The normalized spacial score (nSPS) is 13.1. The Morgan fingerprint density at radius 1 is 1.30 bits per heavy atom. The van der Waals surface area contributed by atoms with Crippen LogP contribution in [-0.2, 0) is 16.1 Å². The molecule has 0 bridgehead atoms. The average molecular weight is 390 g/mol. The van der Waals surface area contributed by atoms with Crippen LogP contribution >= 0.6 is 0 Å². The van der Waals surface area contributed by atoms with Crippen LogP contribution in [0.5, 0.6) is 0 Å². The van der Waals surface area contributed by atoms with Gasteiger partial charge >= 0.3 is 12.1 Å². The monoisotopic (exact) mass is 390 g/mol. The van der Waals surface area contributed by atoms with Crippen LogP contribution < -0.4 is 5.73 Å². The fourth-order valence-electron chi connectivity index (χ4n) is 2.64. The summed E-state index contributed by atoms with van der Waals surface area (Å²) < 4.78 is 57.1. The second-order valence-electron chi connectivity index (χ2n) is 5.69. The molecule has 0 spiro atoms. The van der Waals surface area contributed by atoms with Crippen molar-refractivity contribution in [1.82, 2.24) is 14.7 Å². The zero-order chi connectivity index (χ0) is 20.4. The summed E-state index contributed by atoms with van der Waals surface area (Å²) in [6.45, 7) is 3.76. The van der Waals surface area contributed by atoms with Gasteiger partial charge in [-0.3, -0.25) is 14.4 Å². The molecular weight excluding hydrogens is 372 g/mol. The summed E-state index contributed by atoms with van der Waals surface area (Å²) in [5.41, 5.74) is 5.15. The Kier molecular flexibility index (Phi) is 6.04. The van der Waals surface area contributed by atoms with Crippen LogP contribution in [0.25, 0.3) is 10.9 Å². The quantitative estimate of drug-likeness (QED) is 0.444. The van der Waals surface area contributed by atoms with E-state index in [0.29, 0.717) is 13.1 Å². The number of esters is 1. The zero-order valence-electron chi connectivity index (χ0n) is 14.6. The van der Waals surface area contributed by atoms with Gasteiger partial charge in [0.05, 0.1) is 12.1 Å². The molecular formula is C16H18F4N4O3. The van der Waals surface area contributed by atoms with Crippen LogP contribution in [0.1, 0.15) is 24.2 Å². The molecule has 0 fully saturated rings. The van der Waals surface area contributed by atoms with Gasteiger partial charge in [0.25, 0.3) is 5.91 Å². The highest BCUT2D eigenvalue weighted by atomic mass is 19.4. The lowest BCUT2D eigenvalue weighted by atomic mass is 10.1. The maximum atomic E-state index is 13.6. The first kappa shape index (κ1) is 20.6. The number of alkyl halides is 3. The van der Waals surface area contributed by atoms with Crippen LogP contribution in [0.4, 0.5) is 17.6 Å². The third-order valence-electron chi connectivity index (χ3n) is 3.92. The Labute approximate surface area is 151 Å². The maximum Gasteiger partial charge on any atom is 0.490 e. The first-order chi connectivity index (χ1) is 12.6. The van der Waals surface area contributed by atoms with Gasteiger partial charge in [0.2, 0.25) is 0 Å². The largest absolute Gasteiger partial charge is 0.490 e. The molecule has 1 aromatic carbocycles. The van der Waals surface area contributed by atoms with Crippen molar-refractivity contribution in [3.63, 3.8) is 0 Å². The number of benzene rings is 1. The molecule has 1 atom stereocenters. The van der Waals surface area contributed by atoms with E-state index in [1.54, 1.807) is 13.8 Å².